The molecule has 0 bridgehead atoms. The van der Waals surface area contributed by atoms with E-state index in [0.29, 0.717) is 11.2 Å². The first-order valence-electron chi connectivity index (χ1n) is 9.92. The molecular formula is C27H16N2O4. The fraction of sp³-hybridized carbons (Fsp3) is 0. The van der Waals surface area contributed by atoms with Crippen molar-refractivity contribution >= 4 is 39.4 Å². The average Bonchev–Trinajstić information content (AvgIpc) is 3.47. The Balaban J connectivity index is 1.46. The van der Waals surface area contributed by atoms with Crippen LogP contribution in [-0.4, -0.2) is 17.4 Å². The number of rotatable bonds is 7. The predicted molar refractivity (Wildman–Crippen MR) is 124 cm³/mol. The molecule has 33 heavy (non-hydrogen) atoms. The van der Waals surface area contributed by atoms with Gasteiger partial charge in [-0.3, -0.25) is 15.0 Å². The largest absolute Gasteiger partial charge is 0.453 e. The number of allylic oxidation sites excluding steroid dienone is 7. The minimum Gasteiger partial charge on any atom is -0.453 e. The molecule has 0 atom stereocenters. The SMILES string of the molecule is N#C\C(=C/C=C/C=C/C(=C=N)C(=O)c1cc2ccccc2o1)C(=O)c1cc2ccccc2o1. The molecule has 0 amide bonds. The van der Waals surface area contributed by atoms with E-state index in [9.17, 15) is 14.9 Å². The second-order valence-electron chi connectivity index (χ2n) is 6.93. The molecule has 0 aliphatic carbocycles. The van der Waals surface area contributed by atoms with Gasteiger partial charge in [0.25, 0.3) is 0 Å². The number of nitriles is 1. The Bertz CT molecular complexity index is 1500. The van der Waals surface area contributed by atoms with Gasteiger partial charge in [0.05, 0.1) is 5.57 Å². The van der Waals surface area contributed by atoms with Crippen molar-refractivity contribution in [3.05, 3.63) is 114 Å². The van der Waals surface area contributed by atoms with E-state index in [1.54, 1.807) is 36.4 Å². The quantitative estimate of drug-likeness (QED) is 0.127. The van der Waals surface area contributed by atoms with Crippen molar-refractivity contribution in [3.8, 4) is 6.07 Å². The summed E-state index contributed by atoms with van der Waals surface area (Å²) in [5.41, 5.74) is 1.05. The third-order valence-electron chi connectivity index (χ3n) is 4.79. The van der Waals surface area contributed by atoms with Crippen LogP contribution in [0.5, 0.6) is 0 Å². The number of nitrogens with zero attached hydrogens (tertiary/aromatic N) is 1. The molecular weight excluding hydrogens is 416 g/mol. The molecule has 0 spiro atoms. The molecule has 0 radical (unpaired) electrons. The number of hydrogen-bond donors (Lipinski definition) is 1. The third kappa shape index (κ3) is 4.54. The molecule has 2 aromatic carbocycles. The third-order valence-corrected chi connectivity index (χ3v) is 4.79. The zero-order valence-electron chi connectivity index (χ0n) is 17.2. The van der Waals surface area contributed by atoms with Gasteiger partial charge < -0.3 is 8.83 Å². The standard InChI is InChI=1S/C27H16N2O4/c28-16-20(26(30)24-14-18-8-4-6-12-22(18)32-24)10-2-1-3-11-21(17-29)27(31)25-15-19-9-5-7-13-23(19)33-25/h1-15,28H/b3-1+,10-2+,21-11+. The van der Waals surface area contributed by atoms with Gasteiger partial charge in [-0.05, 0) is 42.3 Å². The second-order valence-corrected chi connectivity index (χ2v) is 6.93. The van der Waals surface area contributed by atoms with Crippen molar-refractivity contribution in [1.82, 2.24) is 0 Å². The fourth-order valence-electron chi connectivity index (χ4n) is 3.16. The van der Waals surface area contributed by atoms with Crippen LogP contribution in [0, 0.1) is 16.7 Å². The lowest BCUT2D eigenvalue weighted by Crippen LogP contribution is -2.00. The van der Waals surface area contributed by atoms with Gasteiger partial charge in [0.2, 0.25) is 11.6 Å². The normalized spacial score (nSPS) is 11.8. The van der Waals surface area contributed by atoms with Crippen molar-refractivity contribution in [2.75, 3.05) is 0 Å². The lowest BCUT2D eigenvalue weighted by atomic mass is 10.1. The number of carbonyl (C=O) groups is 2. The highest BCUT2D eigenvalue weighted by atomic mass is 16.3. The lowest BCUT2D eigenvalue weighted by Gasteiger charge is -1.93. The minimum absolute atomic E-state index is 0.00143. The van der Waals surface area contributed by atoms with Crippen molar-refractivity contribution in [1.29, 1.82) is 10.7 Å². The van der Waals surface area contributed by atoms with Crippen molar-refractivity contribution in [2.45, 2.75) is 0 Å². The summed E-state index contributed by atoms with van der Waals surface area (Å²) in [6, 6.07) is 19.5. The molecule has 4 rings (SSSR count). The minimum atomic E-state index is -0.525. The number of ketones is 2. The van der Waals surface area contributed by atoms with E-state index in [1.807, 2.05) is 30.3 Å². The van der Waals surface area contributed by atoms with Crippen LogP contribution in [-0.2, 0) is 0 Å². The van der Waals surface area contributed by atoms with Gasteiger partial charge >= 0.3 is 0 Å². The average molecular weight is 432 g/mol. The lowest BCUT2D eigenvalue weighted by molar-refractivity contribution is 0.100. The van der Waals surface area contributed by atoms with Gasteiger partial charge in [-0.15, -0.1) is 0 Å². The number of furan rings is 2. The van der Waals surface area contributed by atoms with Crippen LogP contribution >= 0.6 is 0 Å². The van der Waals surface area contributed by atoms with Gasteiger partial charge in [-0.25, -0.2) is 0 Å². The zero-order valence-corrected chi connectivity index (χ0v) is 17.2. The molecule has 0 saturated carbocycles. The Hall–Kier alpha value is -4.98. The zero-order chi connectivity index (χ0) is 23.2. The molecule has 158 valence electrons. The highest BCUT2D eigenvalue weighted by Gasteiger charge is 2.17. The highest BCUT2D eigenvalue weighted by Crippen LogP contribution is 2.22. The molecule has 0 aliphatic rings. The molecule has 0 fully saturated rings. The number of para-hydroxylation sites is 2. The van der Waals surface area contributed by atoms with Gasteiger partial charge in [0.1, 0.15) is 22.8 Å². The maximum atomic E-state index is 12.6. The Morgan fingerprint density at radius 1 is 0.818 bits per heavy atom. The molecule has 0 aliphatic heterocycles. The summed E-state index contributed by atoms with van der Waals surface area (Å²) < 4.78 is 11.1. The summed E-state index contributed by atoms with van der Waals surface area (Å²) in [7, 11) is 0. The summed E-state index contributed by atoms with van der Waals surface area (Å²) in [4.78, 5) is 25.1. The first-order valence-corrected chi connectivity index (χ1v) is 9.92. The Morgan fingerprint density at radius 2 is 1.39 bits per heavy atom. The Labute approximate surface area is 188 Å². The molecule has 6 nitrogen and oxygen atoms in total. The molecule has 1 N–H and O–H groups in total. The predicted octanol–water partition coefficient (Wildman–Crippen LogP) is 5.98. The van der Waals surface area contributed by atoms with Crippen LogP contribution in [0.4, 0.5) is 0 Å². The van der Waals surface area contributed by atoms with Crippen LogP contribution in [0.2, 0.25) is 0 Å². The van der Waals surface area contributed by atoms with E-state index in [1.165, 1.54) is 30.4 Å². The van der Waals surface area contributed by atoms with E-state index < -0.39 is 11.6 Å². The number of carbonyl (C=O) groups excluding carboxylic acids is 2. The molecule has 0 unspecified atom stereocenters. The van der Waals surface area contributed by atoms with Crippen molar-refractivity contribution in [3.63, 3.8) is 0 Å². The summed E-state index contributed by atoms with van der Waals surface area (Å²) in [5, 5.41) is 18.3. The number of benzene rings is 2. The monoisotopic (exact) mass is 432 g/mol. The number of fused-ring (bicyclic) bond motifs is 2. The van der Waals surface area contributed by atoms with Crippen molar-refractivity contribution < 1.29 is 18.4 Å². The molecule has 6 heteroatoms. The second kappa shape index (κ2) is 9.44. The van der Waals surface area contributed by atoms with Crippen LogP contribution < -0.4 is 0 Å². The van der Waals surface area contributed by atoms with E-state index >= 15 is 0 Å². The van der Waals surface area contributed by atoms with Crippen LogP contribution in [0.25, 0.3) is 21.9 Å². The van der Waals surface area contributed by atoms with Gasteiger partial charge in [0.15, 0.2) is 11.5 Å². The van der Waals surface area contributed by atoms with E-state index in [0.717, 1.165) is 10.8 Å². The molecule has 4 aromatic rings. The maximum absolute atomic E-state index is 12.6. The van der Waals surface area contributed by atoms with Crippen molar-refractivity contribution in [2.24, 2.45) is 0 Å². The maximum Gasteiger partial charge on any atom is 0.238 e. The van der Waals surface area contributed by atoms with Gasteiger partial charge in [-0.2, -0.15) is 5.26 Å². The first kappa shape index (κ1) is 21.3. The number of hydrogen-bond acceptors (Lipinski definition) is 6. The van der Waals surface area contributed by atoms with Gasteiger partial charge in [-0.1, -0.05) is 54.6 Å². The topological polar surface area (TPSA) is 108 Å². The van der Waals surface area contributed by atoms with E-state index in [2.05, 4.69) is 5.87 Å². The molecule has 0 saturated heterocycles. The number of Topliss-reactive ketones (excluding diaryl/α,β-unsaturated/α-hetero) is 2. The van der Waals surface area contributed by atoms with E-state index in [4.69, 9.17) is 14.2 Å². The van der Waals surface area contributed by atoms with Gasteiger partial charge in [0, 0.05) is 10.8 Å². The highest BCUT2D eigenvalue weighted by molar-refractivity contribution is 6.15. The molecule has 2 aromatic heterocycles. The van der Waals surface area contributed by atoms with Crippen LogP contribution in [0.15, 0.2) is 111 Å². The summed E-state index contributed by atoms with van der Waals surface area (Å²) in [5.74, 6) is 1.31. The molecule has 2 heterocycles. The Morgan fingerprint density at radius 3 is 1.94 bits per heavy atom. The summed E-state index contributed by atoms with van der Waals surface area (Å²) >= 11 is 0. The summed E-state index contributed by atoms with van der Waals surface area (Å²) in [6.07, 6.45) is 7.29. The summed E-state index contributed by atoms with van der Waals surface area (Å²) in [6.45, 7) is 0. The Kier molecular flexibility index (Phi) is 6.08. The van der Waals surface area contributed by atoms with Crippen LogP contribution in [0.3, 0.4) is 0 Å². The number of nitrogens with one attached hydrogen (secondary N) is 1. The van der Waals surface area contributed by atoms with Crippen LogP contribution in [0.1, 0.15) is 21.1 Å². The fourth-order valence-corrected chi connectivity index (χ4v) is 3.16. The van der Waals surface area contributed by atoms with E-state index in [-0.39, 0.29) is 22.7 Å². The smallest absolute Gasteiger partial charge is 0.238 e. The first-order chi connectivity index (χ1) is 16.1.